The van der Waals surface area contributed by atoms with Gasteiger partial charge in [0, 0.05) is 12.1 Å². The maximum atomic E-state index is 13.3. The first kappa shape index (κ1) is 26.5. The zero-order valence-electron chi connectivity index (χ0n) is 22.0. The Bertz CT molecular complexity index is 1100. The van der Waals surface area contributed by atoms with E-state index in [1.54, 1.807) is 24.1 Å². The molecule has 1 unspecified atom stereocenters. The third kappa shape index (κ3) is 5.59. The largest absolute Gasteiger partial charge is 0.507 e. The summed E-state index contributed by atoms with van der Waals surface area (Å²) in [4.78, 5) is 30.1. The molecule has 2 aromatic carbocycles. The molecule has 1 fully saturated rings. The molecule has 1 amide bonds. The van der Waals surface area contributed by atoms with Crippen LogP contribution in [-0.2, 0) is 9.59 Å². The Morgan fingerprint density at radius 1 is 1.03 bits per heavy atom. The van der Waals surface area contributed by atoms with E-state index in [0.29, 0.717) is 18.0 Å². The molecule has 188 valence electrons. The van der Waals surface area contributed by atoms with E-state index < -0.39 is 17.7 Å². The van der Waals surface area contributed by atoms with Gasteiger partial charge in [-0.1, -0.05) is 52.0 Å². The Labute approximate surface area is 209 Å². The van der Waals surface area contributed by atoms with Crippen LogP contribution in [0.25, 0.3) is 5.76 Å². The summed E-state index contributed by atoms with van der Waals surface area (Å²) < 4.78 is 5.48. The van der Waals surface area contributed by atoms with Crippen molar-refractivity contribution >= 4 is 17.4 Å². The first-order chi connectivity index (χ1) is 16.6. The van der Waals surface area contributed by atoms with Gasteiger partial charge in [0.15, 0.2) is 0 Å². The second kappa shape index (κ2) is 11.1. The fourth-order valence-corrected chi connectivity index (χ4v) is 4.57. The van der Waals surface area contributed by atoms with Crippen LogP contribution in [0.4, 0.5) is 0 Å². The van der Waals surface area contributed by atoms with Gasteiger partial charge in [-0.15, -0.1) is 0 Å². The molecule has 1 aliphatic rings. The van der Waals surface area contributed by atoms with Crippen molar-refractivity contribution in [3.8, 4) is 5.75 Å². The monoisotopic (exact) mass is 478 g/mol. The molecule has 0 bridgehead atoms. The Morgan fingerprint density at radius 3 is 2.23 bits per heavy atom. The fourth-order valence-electron chi connectivity index (χ4n) is 4.57. The summed E-state index contributed by atoms with van der Waals surface area (Å²) in [6.45, 7) is 9.55. The molecule has 0 spiro atoms. The summed E-state index contributed by atoms with van der Waals surface area (Å²) in [5.41, 5.74) is 3.56. The molecular formula is C29H38N2O4. The highest BCUT2D eigenvalue weighted by molar-refractivity contribution is 6.46. The van der Waals surface area contributed by atoms with E-state index in [-0.39, 0.29) is 17.3 Å². The summed E-state index contributed by atoms with van der Waals surface area (Å²) in [5, 5.41) is 11.4. The molecule has 6 nitrogen and oxygen atoms in total. The quantitative estimate of drug-likeness (QED) is 0.300. The minimum absolute atomic E-state index is 0.136. The Balaban J connectivity index is 2.14. The van der Waals surface area contributed by atoms with Gasteiger partial charge in [-0.05, 0) is 73.8 Å². The number of ketones is 1. The minimum atomic E-state index is -0.646. The van der Waals surface area contributed by atoms with Gasteiger partial charge in [-0.2, -0.15) is 0 Å². The van der Waals surface area contributed by atoms with Crippen molar-refractivity contribution in [3.05, 3.63) is 70.3 Å². The van der Waals surface area contributed by atoms with E-state index in [0.717, 1.165) is 29.8 Å². The lowest BCUT2D eigenvalue weighted by Gasteiger charge is -2.26. The Kier molecular flexibility index (Phi) is 8.39. The van der Waals surface area contributed by atoms with Gasteiger partial charge in [-0.25, -0.2) is 0 Å². The molecule has 1 N–H and O–H groups in total. The predicted octanol–water partition coefficient (Wildman–Crippen LogP) is 5.32. The van der Waals surface area contributed by atoms with E-state index in [2.05, 4.69) is 13.8 Å². The van der Waals surface area contributed by atoms with Crippen LogP contribution in [0.1, 0.15) is 74.2 Å². The number of rotatable bonds is 9. The first-order valence-corrected chi connectivity index (χ1v) is 12.3. The average molecular weight is 479 g/mol. The number of amides is 1. The summed E-state index contributed by atoms with van der Waals surface area (Å²) in [6, 6.07) is 12.7. The standard InChI is InChI=1S/C29H38N2O4/c1-18(2)20-9-11-21(12-10-20)26-25(28(33)29(34)31(26)16-8-15-30(5)6)27(32)22-13-14-24(35-7)23(17-22)19(3)4/h9-14,17-19,26,32H,8,15-16H2,1-7H3/b27-25-. The lowest BCUT2D eigenvalue weighted by atomic mass is 9.92. The molecule has 6 heteroatoms. The maximum absolute atomic E-state index is 13.3. The molecule has 1 aliphatic heterocycles. The van der Waals surface area contributed by atoms with Crippen LogP contribution in [0.15, 0.2) is 48.0 Å². The summed E-state index contributed by atoms with van der Waals surface area (Å²) in [7, 11) is 5.57. The second-order valence-electron chi connectivity index (χ2n) is 10.1. The van der Waals surface area contributed by atoms with E-state index in [1.807, 2.05) is 63.2 Å². The zero-order chi connectivity index (χ0) is 25.9. The molecule has 1 heterocycles. The number of aliphatic hydroxyl groups is 1. The number of likely N-dealkylation sites (tertiary alicyclic amines) is 1. The van der Waals surface area contributed by atoms with E-state index in [1.165, 1.54) is 5.56 Å². The van der Waals surface area contributed by atoms with Crippen molar-refractivity contribution in [3.63, 3.8) is 0 Å². The van der Waals surface area contributed by atoms with Crippen molar-refractivity contribution in [2.24, 2.45) is 0 Å². The third-order valence-corrected chi connectivity index (χ3v) is 6.59. The zero-order valence-corrected chi connectivity index (χ0v) is 22.0. The van der Waals surface area contributed by atoms with Crippen LogP contribution in [-0.4, -0.2) is 60.9 Å². The van der Waals surface area contributed by atoms with Gasteiger partial charge in [0.1, 0.15) is 11.5 Å². The molecule has 1 saturated heterocycles. The SMILES string of the molecule is COc1ccc(/C(O)=C2/C(=O)C(=O)N(CCCN(C)C)C2c2ccc(C(C)C)cc2)cc1C(C)C. The highest BCUT2D eigenvalue weighted by Crippen LogP contribution is 2.40. The highest BCUT2D eigenvalue weighted by Gasteiger charge is 2.45. The van der Waals surface area contributed by atoms with E-state index >= 15 is 0 Å². The topological polar surface area (TPSA) is 70.1 Å². The van der Waals surface area contributed by atoms with Crippen molar-refractivity contribution in [1.82, 2.24) is 9.80 Å². The molecule has 3 rings (SSSR count). The molecule has 0 saturated carbocycles. The van der Waals surface area contributed by atoms with Crippen molar-refractivity contribution in [2.75, 3.05) is 34.3 Å². The first-order valence-electron chi connectivity index (χ1n) is 12.3. The van der Waals surface area contributed by atoms with Crippen LogP contribution in [0.2, 0.25) is 0 Å². The molecule has 0 aromatic heterocycles. The third-order valence-electron chi connectivity index (χ3n) is 6.59. The predicted molar refractivity (Wildman–Crippen MR) is 140 cm³/mol. The maximum Gasteiger partial charge on any atom is 0.295 e. The molecule has 35 heavy (non-hydrogen) atoms. The lowest BCUT2D eigenvalue weighted by molar-refractivity contribution is -0.139. The van der Waals surface area contributed by atoms with Crippen LogP contribution >= 0.6 is 0 Å². The van der Waals surface area contributed by atoms with Crippen molar-refractivity contribution < 1.29 is 19.4 Å². The normalized spacial score (nSPS) is 17.8. The molecule has 2 aromatic rings. The van der Waals surface area contributed by atoms with Gasteiger partial charge >= 0.3 is 0 Å². The minimum Gasteiger partial charge on any atom is -0.507 e. The van der Waals surface area contributed by atoms with E-state index in [9.17, 15) is 14.7 Å². The number of Topliss-reactive ketones (excluding diaryl/α,β-unsaturated/α-hetero) is 1. The van der Waals surface area contributed by atoms with E-state index in [4.69, 9.17) is 4.74 Å². The van der Waals surface area contributed by atoms with Crippen LogP contribution in [0, 0.1) is 0 Å². The molecule has 1 atom stereocenters. The number of methoxy groups -OCH3 is 1. The molecule has 0 radical (unpaired) electrons. The van der Waals surface area contributed by atoms with Gasteiger partial charge < -0.3 is 19.6 Å². The summed E-state index contributed by atoms with van der Waals surface area (Å²) >= 11 is 0. The van der Waals surface area contributed by atoms with Gasteiger partial charge in [0.25, 0.3) is 11.7 Å². The number of aliphatic hydroxyl groups excluding tert-OH is 1. The number of carbonyl (C=O) groups is 2. The number of nitrogens with zero attached hydrogens (tertiary/aromatic N) is 2. The average Bonchev–Trinajstić information content (AvgIpc) is 3.08. The van der Waals surface area contributed by atoms with Gasteiger partial charge in [0.05, 0.1) is 18.7 Å². The summed E-state index contributed by atoms with van der Waals surface area (Å²) in [6.07, 6.45) is 0.723. The fraction of sp³-hybridized carbons (Fsp3) is 0.448. The Morgan fingerprint density at radius 2 is 1.69 bits per heavy atom. The lowest BCUT2D eigenvalue weighted by Crippen LogP contribution is -2.32. The summed E-state index contributed by atoms with van der Waals surface area (Å²) in [5.74, 6) is -0.120. The number of hydrogen-bond donors (Lipinski definition) is 1. The molecular weight excluding hydrogens is 440 g/mol. The van der Waals surface area contributed by atoms with Crippen LogP contribution in [0.5, 0.6) is 5.75 Å². The number of ether oxygens (including phenoxy) is 1. The van der Waals surface area contributed by atoms with Gasteiger partial charge in [-0.3, -0.25) is 9.59 Å². The highest BCUT2D eigenvalue weighted by atomic mass is 16.5. The Hall–Kier alpha value is -3.12. The smallest absolute Gasteiger partial charge is 0.295 e. The second-order valence-corrected chi connectivity index (χ2v) is 10.1. The number of carbonyl (C=O) groups excluding carboxylic acids is 2. The van der Waals surface area contributed by atoms with Crippen molar-refractivity contribution in [2.45, 2.75) is 52.0 Å². The molecule has 0 aliphatic carbocycles. The van der Waals surface area contributed by atoms with Gasteiger partial charge in [0.2, 0.25) is 0 Å². The van der Waals surface area contributed by atoms with Crippen molar-refractivity contribution in [1.29, 1.82) is 0 Å². The number of hydrogen-bond acceptors (Lipinski definition) is 5. The van der Waals surface area contributed by atoms with Crippen LogP contribution < -0.4 is 4.74 Å². The number of benzene rings is 2. The van der Waals surface area contributed by atoms with Crippen LogP contribution in [0.3, 0.4) is 0 Å².